The summed E-state index contributed by atoms with van der Waals surface area (Å²) in [4.78, 5) is 7.12. The Balaban J connectivity index is 1.66. The van der Waals surface area contributed by atoms with Gasteiger partial charge in [-0.05, 0) is 24.6 Å². The molecule has 0 radical (unpaired) electrons. The summed E-state index contributed by atoms with van der Waals surface area (Å²) in [5.41, 5.74) is 0.938. The lowest BCUT2D eigenvalue weighted by Gasteiger charge is -2.34. The number of nitrogens with zero attached hydrogens (tertiary/aromatic N) is 5. The van der Waals surface area contributed by atoms with E-state index >= 15 is 0 Å². The molecule has 30 heavy (non-hydrogen) atoms. The van der Waals surface area contributed by atoms with E-state index in [0.29, 0.717) is 26.3 Å². The lowest BCUT2D eigenvalue weighted by molar-refractivity contribution is 0.0179. The first-order valence-corrected chi connectivity index (χ1v) is 10.7. The maximum absolute atomic E-state index is 13.9. The fourth-order valence-electron chi connectivity index (χ4n) is 3.59. The molecule has 0 saturated carbocycles. The van der Waals surface area contributed by atoms with E-state index in [9.17, 15) is 4.39 Å². The van der Waals surface area contributed by atoms with Crippen LogP contribution in [0.2, 0.25) is 0 Å². The molecule has 2 N–H and O–H groups in total. The molecule has 8 nitrogen and oxygen atoms in total. The lowest BCUT2D eigenvalue weighted by atomic mass is 10.0. The van der Waals surface area contributed by atoms with Crippen LogP contribution >= 0.6 is 0 Å². The van der Waals surface area contributed by atoms with Gasteiger partial charge in [0.25, 0.3) is 0 Å². The minimum absolute atomic E-state index is 0.00426. The van der Waals surface area contributed by atoms with Crippen LogP contribution in [-0.4, -0.2) is 71.6 Å². The van der Waals surface area contributed by atoms with Crippen LogP contribution in [0.25, 0.3) is 0 Å². The Morgan fingerprint density at radius 3 is 2.83 bits per heavy atom. The van der Waals surface area contributed by atoms with Crippen molar-refractivity contribution in [3.05, 3.63) is 47.8 Å². The van der Waals surface area contributed by atoms with Gasteiger partial charge in [0.2, 0.25) is 0 Å². The second kappa shape index (κ2) is 11.6. The molecule has 1 unspecified atom stereocenters. The van der Waals surface area contributed by atoms with Gasteiger partial charge in [-0.1, -0.05) is 19.1 Å². The van der Waals surface area contributed by atoms with E-state index in [1.54, 1.807) is 18.5 Å². The van der Waals surface area contributed by atoms with Crippen molar-refractivity contribution in [1.29, 1.82) is 0 Å². The molecule has 1 fully saturated rings. The van der Waals surface area contributed by atoms with Gasteiger partial charge in [-0.15, -0.1) is 10.2 Å². The maximum Gasteiger partial charge on any atom is 0.191 e. The molecule has 1 aromatic heterocycles. The highest BCUT2D eigenvalue weighted by molar-refractivity contribution is 5.79. The number of benzene rings is 1. The number of aryl methyl sites for hydroxylation is 1. The van der Waals surface area contributed by atoms with Crippen LogP contribution in [0.3, 0.4) is 0 Å². The Labute approximate surface area is 177 Å². The van der Waals surface area contributed by atoms with Crippen LogP contribution in [0.4, 0.5) is 4.39 Å². The lowest BCUT2D eigenvalue weighted by Crippen LogP contribution is -2.42. The second-order valence-electron chi connectivity index (χ2n) is 7.16. The molecule has 2 aromatic rings. The number of ether oxygens (including phenoxy) is 1. The van der Waals surface area contributed by atoms with Crippen molar-refractivity contribution in [3.63, 3.8) is 0 Å². The number of guanidine groups is 1. The normalized spacial score (nSPS) is 16.4. The molecular weight excluding hydrogens is 385 g/mol. The van der Waals surface area contributed by atoms with Crippen molar-refractivity contribution in [2.75, 3.05) is 45.9 Å². The van der Waals surface area contributed by atoms with Crippen molar-refractivity contribution in [2.24, 2.45) is 4.99 Å². The van der Waals surface area contributed by atoms with Crippen molar-refractivity contribution in [2.45, 2.75) is 32.9 Å². The summed E-state index contributed by atoms with van der Waals surface area (Å²) in [5.74, 6) is 1.50. The van der Waals surface area contributed by atoms with Gasteiger partial charge < -0.3 is 19.9 Å². The highest BCUT2D eigenvalue weighted by Crippen LogP contribution is 2.23. The summed E-state index contributed by atoms with van der Waals surface area (Å²) in [5, 5.41) is 14.8. The summed E-state index contributed by atoms with van der Waals surface area (Å²) < 4.78 is 21.4. The van der Waals surface area contributed by atoms with Gasteiger partial charge in [0.05, 0.1) is 25.8 Å². The van der Waals surface area contributed by atoms with Gasteiger partial charge in [0.15, 0.2) is 5.96 Å². The summed E-state index contributed by atoms with van der Waals surface area (Å²) in [6.45, 7) is 9.88. The Bertz CT molecular complexity index is 804. The van der Waals surface area contributed by atoms with Gasteiger partial charge in [-0.25, -0.2) is 4.39 Å². The molecular formula is C21H32FN7O. The molecule has 1 aliphatic heterocycles. The van der Waals surface area contributed by atoms with Crippen LogP contribution in [0.1, 0.15) is 31.3 Å². The zero-order chi connectivity index (χ0) is 21.2. The second-order valence-corrected chi connectivity index (χ2v) is 7.16. The molecule has 1 aromatic carbocycles. The number of hydrogen-bond donors (Lipinski definition) is 2. The molecule has 1 atom stereocenters. The van der Waals surface area contributed by atoms with E-state index < -0.39 is 0 Å². The highest BCUT2D eigenvalue weighted by Gasteiger charge is 2.23. The monoisotopic (exact) mass is 417 g/mol. The molecule has 9 heteroatoms. The molecule has 0 bridgehead atoms. The molecule has 0 amide bonds. The molecule has 2 heterocycles. The van der Waals surface area contributed by atoms with Crippen LogP contribution < -0.4 is 10.6 Å². The number of aliphatic imine (C=N–C) groups is 1. The van der Waals surface area contributed by atoms with Gasteiger partial charge >= 0.3 is 0 Å². The fraction of sp³-hybridized carbons (Fsp3) is 0.571. The van der Waals surface area contributed by atoms with Gasteiger partial charge in [0.1, 0.15) is 18.0 Å². The predicted molar refractivity (Wildman–Crippen MR) is 115 cm³/mol. The number of halogens is 1. The molecule has 0 spiro atoms. The van der Waals surface area contributed by atoms with E-state index in [0.717, 1.165) is 49.9 Å². The minimum Gasteiger partial charge on any atom is -0.379 e. The third-order valence-electron chi connectivity index (χ3n) is 5.14. The van der Waals surface area contributed by atoms with Crippen LogP contribution in [0.5, 0.6) is 0 Å². The van der Waals surface area contributed by atoms with Crippen molar-refractivity contribution < 1.29 is 9.13 Å². The SMILES string of the molecule is CCNC(=NCC(c1cccc(F)c1)N1CCOCC1)NCCn1cnnc1CC. The van der Waals surface area contributed by atoms with Gasteiger partial charge in [-0.2, -0.15) is 0 Å². The Morgan fingerprint density at radius 2 is 2.10 bits per heavy atom. The Morgan fingerprint density at radius 1 is 1.27 bits per heavy atom. The maximum atomic E-state index is 13.9. The third kappa shape index (κ3) is 6.24. The first-order chi connectivity index (χ1) is 14.7. The van der Waals surface area contributed by atoms with Crippen LogP contribution in [-0.2, 0) is 17.7 Å². The van der Waals surface area contributed by atoms with Gasteiger partial charge in [-0.3, -0.25) is 9.89 Å². The summed E-state index contributed by atoms with van der Waals surface area (Å²) in [7, 11) is 0. The summed E-state index contributed by atoms with van der Waals surface area (Å²) in [6, 6.07) is 6.82. The third-order valence-corrected chi connectivity index (χ3v) is 5.14. The van der Waals surface area contributed by atoms with E-state index in [1.165, 1.54) is 6.07 Å². The topological polar surface area (TPSA) is 79.6 Å². The molecule has 0 aliphatic carbocycles. The number of morpholine rings is 1. The zero-order valence-electron chi connectivity index (χ0n) is 17.9. The zero-order valence-corrected chi connectivity index (χ0v) is 17.9. The minimum atomic E-state index is -0.222. The van der Waals surface area contributed by atoms with Crippen LogP contribution in [0, 0.1) is 5.82 Å². The van der Waals surface area contributed by atoms with Crippen molar-refractivity contribution >= 4 is 5.96 Å². The van der Waals surface area contributed by atoms with Crippen LogP contribution in [0.15, 0.2) is 35.6 Å². The smallest absolute Gasteiger partial charge is 0.191 e. The van der Waals surface area contributed by atoms with E-state index in [2.05, 4.69) is 32.7 Å². The molecule has 164 valence electrons. The average Bonchev–Trinajstić information content (AvgIpc) is 3.22. The van der Waals surface area contributed by atoms with E-state index in [-0.39, 0.29) is 11.9 Å². The Kier molecular flexibility index (Phi) is 8.58. The first kappa shape index (κ1) is 22.2. The van der Waals surface area contributed by atoms with E-state index in [1.807, 2.05) is 17.6 Å². The summed E-state index contributed by atoms with van der Waals surface area (Å²) >= 11 is 0. The number of aromatic nitrogens is 3. The number of nitrogens with one attached hydrogen (secondary N) is 2. The van der Waals surface area contributed by atoms with Crippen molar-refractivity contribution in [1.82, 2.24) is 30.3 Å². The fourth-order valence-corrected chi connectivity index (χ4v) is 3.59. The standard InChI is InChI=1S/C21H32FN7O/c1-3-20-27-26-16-29(20)9-8-24-21(23-4-2)25-15-19(28-10-12-30-13-11-28)17-6-5-7-18(22)14-17/h5-7,14,16,19H,3-4,8-13,15H2,1-2H3,(H2,23,24,25). The quantitative estimate of drug-likeness (QED) is 0.477. The summed E-state index contributed by atoms with van der Waals surface area (Å²) in [6.07, 6.45) is 2.60. The number of rotatable bonds is 9. The van der Waals surface area contributed by atoms with Gasteiger partial charge in [0, 0.05) is 39.1 Å². The predicted octanol–water partition coefficient (Wildman–Crippen LogP) is 1.61. The Hall–Kier alpha value is -2.52. The molecule has 1 aliphatic rings. The largest absolute Gasteiger partial charge is 0.379 e. The average molecular weight is 418 g/mol. The molecule has 1 saturated heterocycles. The van der Waals surface area contributed by atoms with Crippen molar-refractivity contribution in [3.8, 4) is 0 Å². The highest BCUT2D eigenvalue weighted by atomic mass is 19.1. The molecule has 3 rings (SSSR count). The number of hydrogen-bond acceptors (Lipinski definition) is 5. The van der Waals surface area contributed by atoms with E-state index in [4.69, 9.17) is 9.73 Å². The first-order valence-electron chi connectivity index (χ1n) is 10.7.